The minimum absolute atomic E-state index is 0.0359. The highest BCUT2D eigenvalue weighted by Crippen LogP contribution is 2.42. The number of carbonyl (C=O) groups excluding carboxylic acids is 2. The number of carboxylic acid groups (broad SMARTS) is 1. The van der Waals surface area contributed by atoms with Gasteiger partial charge in [-0.3, -0.25) is 9.59 Å². The number of urea groups is 1. The molecule has 1 saturated heterocycles. The number of benzene rings is 2. The average molecular weight is 505 g/mol. The van der Waals surface area contributed by atoms with Crippen molar-refractivity contribution >= 4 is 29.3 Å². The molecule has 194 valence electrons. The Morgan fingerprint density at radius 3 is 2.54 bits per heavy atom. The predicted octanol–water partition coefficient (Wildman–Crippen LogP) is 5.33. The molecule has 4 rings (SSSR count). The molecule has 1 unspecified atom stereocenters. The number of hydrogen-bond donors (Lipinski definition) is 3. The van der Waals surface area contributed by atoms with Gasteiger partial charge in [0.05, 0.1) is 19.0 Å². The van der Waals surface area contributed by atoms with Crippen LogP contribution in [-0.4, -0.2) is 38.4 Å². The molecule has 9 nitrogen and oxygen atoms in total. The number of carboxylic acids is 1. The summed E-state index contributed by atoms with van der Waals surface area (Å²) in [6, 6.07) is 14.1. The van der Waals surface area contributed by atoms with Crippen LogP contribution < -0.4 is 10.6 Å². The molecule has 37 heavy (non-hydrogen) atoms. The number of nitrogens with one attached hydrogen (secondary N) is 2. The number of aromatic nitrogens is 1. The summed E-state index contributed by atoms with van der Waals surface area (Å²) in [5.74, 6) is 0.00302. The van der Waals surface area contributed by atoms with E-state index < -0.39 is 5.97 Å². The van der Waals surface area contributed by atoms with Gasteiger partial charge in [0.2, 0.25) is 11.8 Å². The molecule has 1 aliphatic heterocycles. The van der Waals surface area contributed by atoms with Crippen LogP contribution in [0.2, 0.25) is 0 Å². The van der Waals surface area contributed by atoms with Crippen molar-refractivity contribution in [3.05, 3.63) is 77.5 Å². The summed E-state index contributed by atoms with van der Waals surface area (Å²) in [5.41, 5.74) is 2.79. The average Bonchev–Trinajstić information content (AvgIpc) is 3.44. The van der Waals surface area contributed by atoms with E-state index in [9.17, 15) is 14.4 Å². The van der Waals surface area contributed by atoms with E-state index in [0.717, 1.165) is 29.7 Å². The number of amides is 3. The Morgan fingerprint density at radius 2 is 1.84 bits per heavy atom. The molecule has 0 saturated carbocycles. The lowest BCUT2D eigenvalue weighted by Crippen LogP contribution is -2.44. The highest BCUT2D eigenvalue weighted by molar-refractivity contribution is 6.00. The topological polar surface area (TPSA) is 125 Å². The first-order valence-electron chi connectivity index (χ1n) is 12.3. The molecule has 9 heteroatoms. The molecule has 1 aliphatic rings. The number of nitrogens with zero attached hydrogens (tertiary/aromatic N) is 2. The van der Waals surface area contributed by atoms with Gasteiger partial charge in [0.25, 0.3) is 0 Å². The molecule has 2 aromatic carbocycles. The first-order valence-corrected chi connectivity index (χ1v) is 12.3. The van der Waals surface area contributed by atoms with Crippen LogP contribution in [-0.2, 0) is 22.4 Å². The highest BCUT2D eigenvalue weighted by atomic mass is 16.4. The minimum atomic E-state index is -0.898. The van der Waals surface area contributed by atoms with Crippen molar-refractivity contribution in [1.82, 2.24) is 9.88 Å². The molecule has 0 bridgehead atoms. The van der Waals surface area contributed by atoms with E-state index in [-0.39, 0.29) is 42.8 Å². The second-order valence-electron chi connectivity index (χ2n) is 9.96. The molecular formula is C28H32N4O5. The monoisotopic (exact) mass is 504 g/mol. The lowest BCUT2D eigenvalue weighted by molar-refractivity contribution is -0.137. The molecule has 0 aliphatic carbocycles. The van der Waals surface area contributed by atoms with Gasteiger partial charge in [-0.25, -0.2) is 9.78 Å². The largest absolute Gasteiger partial charge is 0.481 e. The summed E-state index contributed by atoms with van der Waals surface area (Å²) in [6.45, 7) is 5.98. The van der Waals surface area contributed by atoms with E-state index in [1.807, 2.05) is 62.1 Å². The van der Waals surface area contributed by atoms with Gasteiger partial charge in [-0.1, -0.05) is 30.3 Å². The molecule has 3 aromatic rings. The number of carbonyl (C=O) groups is 3. The number of rotatable bonds is 8. The van der Waals surface area contributed by atoms with E-state index in [4.69, 9.17) is 9.52 Å². The van der Waals surface area contributed by atoms with E-state index >= 15 is 0 Å². The molecule has 3 amide bonds. The Hall–Kier alpha value is -4.14. The quantitative estimate of drug-likeness (QED) is 0.381. The predicted molar refractivity (Wildman–Crippen MR) is 139 cm³/mol. The fourth-order valence-electron chi connectivity index (χ4n) is 4.69. The SMILES string of the molecule is Cc1ccccc1NC(=O)Nc1ccc(CC(=O)N2C(c3ncc(CCC(=O)O)o3)CCC2(C)C)cc1. The zero-order valence-electron chi connectivity index (χ0n) is 21.3. The molecule has 1 atom stereocenters. The van der Waals surface area contributed by atoms with Gasteiger partial charge in [-0.15, -0.1) is 0 Å². The number of likely N-dealkylation sites (tertiary alicyclic amines) is 1. The van der Waals surface area contributed by atoms with Crippen LogP contribution in [0.1, 0.15) is 61.9 Å². The first-order chi connectivity index (χ1) is 17.6. The molecule has 0 radical (unpaired) electrons. The molecule has 3 N–H and O–H groups in total. The Morgan fingerprint density at radius 1 is 1.11 bits per heavy atom. The number of anilines is 2. The summed E-state index contributed by atoms with van der Waals surface area (Å²) in [5, 5.41) is 14.6. The summed E-state index contributed by atoms with van der Waals surface area (Å²) in [6.07, 6.45) is 3.49. The fourth-order valence-corrected chi connectivity index (χ4v) is 4.69. The third-order valence-electron chi connectivity index (χ3n) is 6.66. The number of para-hydroxylation sites is 1. The Kier molecular flexibility index (Phi) is 7.61. The normalized spacial score (nSPS) is 16.4. The van der Waals surface area contributed by atoms with Gasteiger partial charge in [0.1, 0.15) is 11.8 Å². The van der Waals surface area contributed by atoms with Crippen LogP contribution in [0.5, 0.6) is 0 Å². The number of hydrogen-bond acceptors (Lipinski definition) is 5. The molecule has 1 fully saturated rings. The summed E-state index contributed by atoms with van der Waals surface area (Å²) < 4.78 is 5.83. The van der Waals surface area contributed by atoms with Crippen molar-refractivity contribution in [3.8, 4) is 0 Å². The molecule has 1 aromatic heterocycles. The standard InChI is InChI=1S/C28H32N4O5/c1-18-6-4-5-7-22(18)31-27(36)30-20-10-8-19(9-11-20)16-24(33)32-23(14-15-28(32,2)3)26-29-17-21(37-26)12-13-25(34)35/h4-11,17,23H,12-16H2,1-3H3,(H,34,35)(H2,30,31,36). The van der Waals surface area contributed by atoms with Crippen molar-refractivity contribution in [1.29, 1.82) is 0 Å². The van der Waals surface area contributed by atoms with Crippen molar-refractivity contribution in [2.45, 2.75) is 64.5 Å². The summed E-state index contributed by atoms with van der Waals surface area (Å²) in [4.78, 5) is 42.8. The van der Waals surface area contributed by atoms with Crippen LogP contribution in [0, 0.1) is 6.92 Å². The van der Waals surface area contributed by atoms with Crippen LogP contribution in [0.15, 0.2) is 59.1 Å². The lowest BCUT2D eigenvalue weighted by atomic mass is 10.0. The first kappa shape index (κ1) is 25.9. The molecule has 2 heterocycles. The van der Waals surface area contributed by atoms with Crippen LogP contribution >= 0.6 is 0 Å². The van der Waals surface area contributed by atoms with Crippen LogP contribution in [0.25, 0.3) is 0 Å². The fraction of sp³-hybridized carbons (Fsp3) is 0.357. The summed E-state index contributed by atoms with van der Waals surface area (Å²) >= 11 is 0. The second-order valence-corrected chi connectivity index (χ2v) is 9.96. The van der Waals surface area contributed by atoms with Crippen molar-refractivity contribution in [2.75, 3.05) is 10.6 Å². The van der Waals surface area contributed by atoms with E-state index in [2.05, 4.69) is 15.6 Å². The van der Waals surface area contributed by atoms with Crippen LogP contribution in [0.3, 0.4) is 0 Å². The van der Waals surface area contributed by atoms with Gasteiger partial charge in [-0.05, 0) is 62.9 Å². The van der Waals surface area contributed by atoms with E-state index in [0.29, 0.717) is 17.3 Å². The van der Waals surface area contributed by atoms with Gasteiger partial charge in [0, 0.05) is 23.3 Å². The van der Waals surface area contributed by atoms with Crippen LogP contribution in [0.4, 0.5) is 16.2 Å². The minimum Gasteiger partial charge on any atom is -0.481 e. The van der Waals surface area contributed by atoms with E-state index in [1.54, 1.807) is 18.3 Å². The maximum Gasteiger partial charge on any atom is 0.323 e. The summed E-state index contributed by atoms with van der Waals surface area (Å²) in [7, 11) is 0. The maximum absolute atomic E-state index is 13.4. The van der Waals surface area contributed by atoms with Crippen molar-refractivity contribution in [3.63, 3.8) is 0 Å². The number of aryl methyl sites for hydroxylation is 2. The Bertz CT molecular complexity index is 1280. The van der Waals surface area contributed by atoms with Gasteiger partial charge < -0.3 is 25.1 Å². The zero-order valence-corrected chi connectivity index (χ0v) is 21.3. The third kappa shape index (κ3) is 6.35. The highest BCUT2D eigenvalue weighted by Gasteiger charge is 2.44. The maximum atomic E-state index is 13.4. The lowest BCUT2D eigenvalue weighted by Gasteiger charge is -2.35. The van der Waals surface area contributed by atoms with Gasteiger partial charge in [0.15, 0.2) is 0 Å². The Labute approximate surface area is 215 Å². The smallest absolute Gasteiger partial charge is 0.323 e. The van der Waals surface area contributed by atoms with Gasteiger partial charge in [-0.2, -0.15) is 0 Å². The Balaban J connectivity index is 1.39. The van der Waals surface area contributed by atoms with Crippen molar-refractivity contribution < 1.29 is 23.9 Å². The molecule has 0 spiro atoms. The number of aliphatic carboxylic acids is 1. The van der Waals surface area contributed by atoms with Gasteiger partial charge >= 0.3 is 12.0 Å². The zero-order chi connectivity index (χ0) is 26.6. The van der Waals surface area contributed by atoms with E-state index in [1.165, 1.54) is 0 Å². The third-order valence-corrected chi connectivity index (χ3v) is 6.66. The number of oxazole rings is 1. The second kappa shape index (κ2) is 10.9. The van der Waals surface area contributed by atoms with Crippen molar-refractivity contribution in [2.24, 2.45) is 0 Å². The molecular weight excluding hydrogens is 472 g/mol.